The van der Waals surface area contributed by atoms with Crippen molar-refractivity contribution in [2.24, 2.45) is 0 Å². The molecular weight excluding hydrogens is 438 g/mol. The normalized spacial score (nSPS) is 13.4. The minimum atomic E-state index is -1.55. The molecule has 1 aromatic heterocycles. The Bertz CT molecular complexity index is 1170. The lowest BCUT2D eigenvalue weighted by Gasteiger charge is -2.26. The van der Waals surface area contributed by atoms with Crippen molar-refractivity contribution in [3.8, 4) is 0 Å². The minimum Gasteiger partial charge on any atom is -0.389 e. The van der Waals surface area contributed by atoms with Crippen molar-refractivity contribution < 1.29 is 27.5 Å². The van der Waals surface area contributed by atoms with Crippen molar-refractivity contribution in [1.29, 1.82) is 0 Å². The molecule has 0 saturated heterocycles. The number of carbonyl (C=O) groups excluding carboxylic acids is 1. The number of anilines is 2. The molecule has 0 bridgehead atoms. The molecule has 1 unspecified atom stereocenters. The molecule has 1 amide bonds. The Morgan fingerprint density at radius 2 is 1.91 bits per heavy atom. The van der Waals surface area contributed by atoms with Crippen LogP contribution in [0.5, 0.6) is 0 Å². The number of rotatable bonds is 7. The molecule has 33 heavy (non-hydrogen) atoms. The second-order valence-corrected chi connectivity index (χ2v) is 7.79. The third kappa shape index (κ3) is 4.83. The largest absolute Gasteiger partial charge is 0.389 e. The molecule has 1 atom stereocenters. The van der Waals surface area contributed by atoms with Crippen molar-refractivity contribution in [1.82, 2.24) is 4.98 Å². The summed E-state index contributed by atoms with van der Waals surface area (Å²) in [5.41, 5.74) is 2.97. The number of hydrogen-bond donors (Lipinski definition) is 2. The number of nitrogens with one attached hydrogen (secondary N) is 1. The summed E-state index contributed by atoms with van der Waals surface area (Å²) >= 11 is 0. The van der Waals surface area contributed by atoms with Crippen LogP contribution in [0.15, 0.2) is 48.7 Å². The van der Waals surface area contributed by atoms with Gasteiger partial charge in [-0.05, 0) is 53.9 Å². The van der Waals surface area contributed by atoms with Crippen LogP contribution in [0.1, 0.15) is 27.2 Å². The van der Waals surface area contributed by atoms with Crippen LogP contribution in [-0.4, -0.2) is 41.9 Å². The first kappa shape index (κ1) is 22.7. The zero-order valence-corrected chi connectivity index (χ0v) is 17.5. The summed E-state index contributed by atoms with van der Waals surface area (Å²) in [7, 11) is 0. The van der Waals surface area contributed by atoms with Crippen LogP contribution in [0, 0.1) is 17.5 Å². The zero-order valence-electron chi connectivity index (χ0n) is 17.5. The molecule has 1 aliphatic rings. The van der Waals surface area contributed by atoms with Crippen LogP contribution >= 0.6 is 0 Å². The van der Waals surface area contributed by atoms with Crippen LogP contribution in [-0.2, 0) is 12.8 Å². The van der Waals surface area contributed by atoms with Gasteiger partial charge in [-0.3, -0.25) is 9.78 Å². The number of nitrogens with zero attached hydrogens (tertiary/aromatic N) is 2. The summed E-state index contributed by atoms with van der Waals surface area (Å²) in [6, 6.07) is 10.1. The van der Waals surface area contributed by atoms with Crippen LogP contribution in [0.2, 0.25) is 0 Å². The Morgan fingerprint density at radius 1 is 1.15 bits per heavy atom. The van der Waals surface area contributed by atoms with E-state index in [1.54, 1.807) is 12.1 Å². The highest BCUT2D eigenvalue weighted by Crippen LogP contribution is 2.28. The molecule has 0 fully saturated rings. The average molecular weight is 459 g/mol. The fraction of sp³-hybridized carbons (Fsp3) is 0.250. The maximum atomic E-state index is 13.6. The van der Waals surface area contributed by atoms with Gasteiger partial charge in [0.15, 0.2) is 17.5 Å². The third-order valence-electron chi connectivity index (χ3n) is 5.45. The third-order valence-corrected chi connectivity index (χ3v) is 5.45. The molecule has 0 spiro atoms. The van der Waals surface area contributed by atoms with Gasteiger partial charge in [0, 0.05) is 41.8 Å². The Labute approximate surface area is 187 Å². The topological polar surface area (TPSA) is 65.5 Å². The minimum absolute atomic E-state index is 0.0275. The van der Waals surface area contributed by atoms with Crippen LogP contribution in [0.3, 0.4) is 0 Å². The van der Waals surface area contributed by atoms with Gasteiger partial charge in [0.05, 0.1) is 6.54 Å². The molecule has 4 rings (SSSR count). The maximum absolute atomic E-state index is 13.6. The molecular formula is C24H21F4N3O2. The standard InChI is InChI=1S/C24H21F4N3O2/c25-12-17(32)13-31(24(33)19-2-1-3-22-18(19)5-7-30-22)16-4-6-29-15(11-16)8-14-9-20(26)23(28)21(27)10-14/h1-4,6,9-11,17,30,32H,5,7-8,12-13H2. The molecule has 0 saturated carbocycles. The first-order chi connectivity index (χ1) is 15.9. The van der Waals surface area contributed by atoms with Gasteiger partial charge < -0.3 is 15.3 Å². The molecule has 0 radical (unpaired) electrons. The summed E-state index contributed by atoms with van der Waals surface area (Å²) in [6.45, 7) is -0.642. The van der Waals surface area contributed by atoms with Gasteiger partial charge >= 0.3 is 0 Å². The Hall–Kier alpha value is -3.46. The van der Waals surface area contributed by atoms with E-state index in [-0.39, 0.29) is 18.5 Å². The summed E-state index contributed by atoms with van der Waals surface area (Å²) in [4.78, 5) is 18.9. The van der Waals surface area contributed by atoms with Gasteiger partial charge in [-0.1, -0.05) is 6.07 Å². The second-order valence-electron chi connectivity index (χ2n) is 7.79. The molecule has 9 heteroatoms. The lowest BCUT2D eigenvalue weighted by Crippen LogP contribution is -2.39. The number of aliphatic hydroxyl groups is 1. The highest BCUT2D eigenvalue weighted by Gasteiger charge is 2.26. The van der Waals surface area contributed by atoms with Gasteiger partial charge in [0.1, 0.15) is 12.8 Å². The molecule has 2 aromatic carbocycles. The fourth-order valence-electron chi connectivity index (χ4n) is 3.90. The van der Waals surface area contributed by atoms with E-state index in [2.05, 4.69) is 10.3 Å². The first-order valence-electron chi connectivity index (χ1n) is 10.4. The van der Waals surface area contributed by atoms with Gasteiger partial charge in [-0.25, -0.2) is 17.6 Å². The van der Waals surface area contributed by atoms with E-state index in [1.807, 2.05) is 6.07 Å². The van der Waals surface area contributed by atoms with E-state index in [0.717, 1.165) is 23.4 Å². The monoisotopic (exact) mass is 459 g/mol. The number of benzene rings is 2. The predicted molar refractivity (Wildman–Crippen MR) is 116 cm³/mol. The van der Waals surface area contributed by atoms with Crippen molar-refractivity contribution in [3.63, 3.8) is 0 Å². The fourth-order valence-corrected chi connectivity index (χ4v) is 3.90. The molecule has 0 aliphatic carbocycles. The van der Waals surface area contributed by atoms with E-state index in [1.165, 1.54) is 23.2 Å². The number of pyridine rings is 1. The number of aromatic nitrogens is 1. The summed E-state index contributed by atoms with van der Waals surface area (Å²) < 4.78 is 53.5. The van der Waals surface area contributed by atoms with E-state index < -0.39 is 36.1 Å². The number of fused-ring (bicyclic) bond motifs is 1. The summed E-state index contributed by atoms with van der Waals surface area (Å²) in [6.07, 6.45) is 0.626. The number of halogens is 4. The highest BCUT2D eigenvalue weighted by molar-refractivity contribution is 6.08. The SMILES string of the molecule is O=C(c1cccc2c1CCN2)N(CC(O)CF)c1ccnc(Cc2cc(F)c(F)c(F)c2)c1. The summed E-state index contributed by atoms with van der Waals surface area (Å²) in [5.74, 6) is -4.59. The number of alkyl halides is 1. The van der Waals surface area contributed by atoms with Crippen LogP contribution < -0.4 is 10.2 Å². The number of aliphatic hydroxyl groups excluding tert-OH is 1. The average Bonchev–Trinajstić information content (AvgIpc) is 3.29. The predicted octanol–water partition coefficient (Wildman–Crippen LogP) is 4.03. The van der Waals surface area contributed by atoms with Gasteiger partial charge in [0.2, 0.25) is 0 Å². The van der Waals surface area contributed by atoms with Gasteiger partial charge in [-0.2, -0.15) is 0 Å². The van der Waals surface area contributed by atoms with E-state index in [0.29, 0.717) is 29.9 Å². The maximum Gasteiger partial charge on any atom is 0.258 e. The van der Waals surface area contributed by atoms with Crippen molar-refractivity contribution >= 4 is 17.3 Å². The highest BCUT2D eigenvalue weighted by atomic mass is 19.2. The first-order valence-corrected chi connectivity index (χ1v) is 10.4. The lowest BCUT2D eigenvalue weighted by atomic mass is 10.0. The van der Waals surface area contributed by atoms with E-state index >= 15 is 0 Å². The van der Waals surface area contributed by atoms with Crippen LogP contribution in [0.25, 0.3) is 0 Å². The lowest BCUT2D eigenvalue weighted by molar-refractivity contribution is 0.0947. The Morgan fingerprint density at radius 3 is 2.64 bits per heavy atom. The number of hydrogen-bond acceptors (Lipinski definition) is 4. The molecule has 2 N–H and O–H groups in total. The second kappa shape index (κ2) is 9.58. The van der Waals surface area contributed by atoms with Crippen molar-refractivity contribution in [2.45, 2.75) is 18.9 Å². The molecule has 3 aromatic rings. The number of amides is 1. The number of carbonyl (C=O) groups is 1. The van der Waals surface area contributed by atoms with Crippen molar-refractivity contribution in [2.75, 3.05) is 30.0 Å². The van der Waals surface area contributed by atoms with Gasteiger partial charge in [0.25, 0.3) is 5.91 Å². The smallest absolute Gasteiger partial charge is 0.258 e. The van der Waals surface area contributed by atoms with E-state index in [9.17, 15) is 27.5 Å². The van der Waals surface area contributed by atoms with Crippen LogP contribution in [0.4, 0.5) is 28.9 Å². The quantitative estimate of drug-likeness (QED) is 0.414. The zero-order chi connectivity index (χ0) is 23.5. The Balaban J connectivity index is 1.67. The van der Waals surface area contributed by atoms with Crippen molar-refractivity contribution in [3.05, 3.63) is 88.5 Å². The van der Waals surface area contributed by atoms with Gasteiger partial charge in [-0.15, -0.1) is 0 Å². The molecule has 5 nitrogen and oxygen atoms in total. The molecule has 172 valence electrons. The molecule has 2 heterocycles. The summed E-state index contributed by atoms with van der Waals surface area (Å²) in [5, 5.41) is 13.2. The Kier molecular flexibility index (Phi) is 6.60. The molecule has 1 aliphatic heterocycles. The van der Waals surface area contributed by atoms with E-state index in [4.69, 9.17) is 0 Å².